The quantitative estimate of drug-likeness (QED) is 0.457. The summed E-state index contributed by atoms with van der Waals surface area (Å²) < 4.78 is 0. The summed E-state index contributed by atoms with van der Waals surface area (Å²) in [4.78, 5) is 14.1. The van der Waals surface area contributed by atoms with E-state index in [9.17, 15) is 4.79 Å². The summed E-state index contributed by atoms with van der Waals surface area (Å²) in [6, 6.07) is 0. The molecular formula is C10H17NO. The summed E-state index contributed by atoms with van der Waals surface area (Å²) >= 11 is 0. The van der Waals surface area contributed by atoms with E-state index >= 15 is 0 Å². The predicted octanol–water partition coefficient (Wildman–Crippen LogP) is 2.60. The third-order valence-corrected chi connectivity index (χ3v) is 1.89. The van der Waals surface area contributed by atoms with Crippen molar-refractivity contribution in [3.05, 3.63) is 12.7 Å². The Balaban J connectivity index is 3.81. The van der Waals surface area contributed by atoms with Crippen molar-refractivity contribution in [2.75, 3.05) is 0 Å². The molecule has 0 saturated heterocycles. The molecule has 0 aromatic carbocycles. The Morgan fingerprint density at radius 2 is 2.17 bits per heavy atom. The number of amides is 1. The Morgan fingerprint density at radius 1 is 1.58 bits per heavy atom. The topological polar surface area (TPSA) is 29.4 Å². The fourth-order valence-corrected chi connectivity index (χ4v) is 1.02. The maximum absolute atomic E-state index is 10.8. The van der Waals surface area contributed by atoms with Crippen LogP contribution in [0.25, 0.3) is 0 Å². The predicted molar refractivity (Wildman–Crippen MR) is 52.4 cm³/mol. The van der Waals surface area contributed by atoms with E-state index in [2.05, 4.69) is 32.1 Å². The molecule has 0 N–H and O–H groups in total. The van der Waals surface area contributed by atoms with E-state index in [1.165, 1.54) is 0 Å². The second kappa shape index (κ2) is 4.86. The highest BCUT2D eigenvalue weighted by molar-refractivity contribution is 5.80. The Morgan fingerprint density at radius 3 is 2.58 bits per heavy atom. The Labute approximate surface area is 74.4 Å². The molecule has 0 rings (SSSR count). The minimum atomic E-state index is -0.118. The molecule has 12 heavy (non-hydrogen) atoms. The van der Waals surface area contributed by atoms with Gasteiger partial charge in [0.25, 0.3) is 0 Å². The van der Waals surface area contributed by atoms with E-state index < -0.39 is 0 Å². The molecule has 0 saturated carbocycles. The molecule has 0 bridgehead atoms. The minimum absolute atomic E-state index is 0.118. The van der Waals surface area contributed by atoms with E-state index in [4.69, 9.17) is 0 Å². The van der Waals surface area contributed by atoms with Crippen LogP contribution in [0.5, 0.6) is 0 Å². The minimum Gasteiger partial charge on any atom is -0.273 e. The normalized spacial score (nSPS) is 10.8. The average Bonchev–Trinajstić information content (AvgIpc) is 2.00. The average molecular weight is 167 g/mol. The summed E-state index contributed by atoms with van der Waals surface area (Å²) in [5, 5.41) is 0. The summed E-state index contributed by atoms with van der Waals surface area (Å²) in [6.45, 7) is 11.1. The van der Waals surface area contributed by atoms with E-state index in [0.717, 1.165) is 12.8 Å². The Hall–Kier alpha value is -0.920. The summed E-state index contributed by atoms with van der Waals surface area (Å²) in [7, 11) is 0. The molecular weight excluding hydrogens is 150 g/mol. The number of nitrogens with zero attached hydrogens (tertiary/aromatic N) is 1. The summed E-state index contributed by atoms with van der Waals surface area (Å²) in [5.41, 5.74) is 0.155. The Bertz CT molecular complexity index is 182. The van der Waals surface area contributed by atoms with Gasteiger partial charge in [0.2, 0.25) is 5.91 Å². The van der Waals surface area contributed by atoms with Crippen molar-refractivity contribution in [1.82, 2.24) is 0 Å². The number of hydrogen-bond acceptors (Lipinski definition) is 1. The van der Waals surface area contributed by atoms with Gasteiger partial charge in [0.05, 0.1) is 0 Å². The molecule has 0 unspecified atom stereocenters. The number of aliphatic imine (C=N–C) groups is 1. The molecule has 2 heteroatoms. The first-order valence-corrected chi connectivity index (χ1v) is 4.12. The van der Waals surface area contributed by atoms with Crippen LogP contribution in [0, 0.1) is 5.41 Å². The smallest absolute Gasteiger partial charge is 0.245 e. The van der Waals surface area contributed by atoms with Gasteiger partial charge in [0, 0.05) is 6.42 Å². The van der Waals surface area contributed by atoms with Crippen molar-refractivity contribution in [3.63, 3.8) is 0 Å². The summed E-state index contributed by atoms with van der Waals surface area (Å²) in [6.07, 6.45) is 4.14. The molecule has 68 valence electrons. The third-order valence-electron chi connectivity index (χ3n) is 1.89. The van der Waals surface area contributed by atoms with E-state index in [-0.39, 0.29) is 11.3 Å². The molecule has 0 radical (unpaired) electrons. The van der Waals surface area contributed by atoms with Crippen LogP contribution in [0.4, 0.5) is 0 Å². The van der Waals surface area contributed by atoms with Crippen molar-refractivity contribution in [1.29, 1.82) is 0 Å². The van der Waals surface area contributed by atoms with Crippen molar-refractivity contribution in [2.24, 2.45) is 10.4 Å². The van der Waals surface area contributed by atoms with Crippen LogP contribution < -0.4 is 0 Å². The second-order valence-electron chi connectivity index (χ2n) is 3.71. The molecule has 0 fully saturated rings. The lowest BCUT2D eigenvalue weighted by atomic mass is 9.84. The lowest BCUT2D eigenvalue weighted by Crippen LogP contribution is -2.11. The van der Waals surface area contributed by atoms with E-state index in [0.29, 0.717) is 6.42 Å². The molecule has 2 nitrogen and oxygen atoms in total. The van der Waals surface area contributed by atoms with Gasteiger partial charge in [0.15, 0.2) is 0 Å². The van der Waals surface area contributed by atoms with Crippen LogP contribution in [0.2, 0.25) is 0 Å². The lowest BCUT2D eigenvalue weighted by Gasteiger charge is -2.21. The Kier molecular flexibility index (Phi) is 4.49. The van der Waals surface area contributed by atoms with Crippen molar-refractivity contribution in [3.8, 4) is 0 Å². The molecule has 0 aliphatic carbocycles. The number of carbonyl (C=O) groups is 1. The molecule has 0 spiro atoms. The summed E-state index contributed by atoms with van der Waals surface area (Å²) in [5.74, 6) is -0.118. The number of carbonyl (C=O) groups excluding carboxylic acids is 1. The zero-order valence-electron chi connectivity index (χ0n) is 7.97. The van der Waals surface area contributed by atoms with Gasteiger partial charge in [-0.25, -0.2) is 4.99 Å². The third kappa shape index (κ3) is 4.83. The molecule has 0 aliphatic heterocycles. The van der Waals surface area contributed by atoms with E-state index in [1.807, 2.05) is 6.08 Å². The monoisotopic (exact) mass is 167 g/mol. The first-order valence-electron chi connectivity index (χ1n) is 4.12. The number of rotatable bonds is 5. The zero-order valence-corrected chi connectivity index (χ0v) is 7.97. The lowest BCUT2D eigenvalue weighted by molar-refractivity contribution is -0.118. The molecule has 0 aliphatic rings. The maximum Gasteiger partial charge on any atom is 0.245 e. The van der Waals surface area contributed by atoms with Gasteiger partial charge < -0.3 is 0 Å². The maximum atomic E-state index is 10.8. The number of hydrogen-bond donors (Lipinski definition) is 0. The van der Waals surface area contributed by atoms with Crippen LogP contribution in [-0.2, 0) is 4.79 Å². The highest BCUT2D eigenvalue weighted by Gasteiger charge is 2.16. The molecule has 0 atom stereocenters. The zero-order chi connectivity index (χ0) is 9.61. The van der Waals surface area contributed by atoms with Gasteiger partial charge in [-0.3, -0.25) is 4.79 Å². The van der Waals surface area contributed by atoms with Crippen LogP contribution >= 0.6 is 0 Å². The van der Waals surface area contributed by atoms with Crippen molar-refractivity contribution < 1.29 is 4.79 Å². The van der Waals surface area contributed by atoms with Crippen LogP contribution in [-0.4, -0.2) is 12.6 Å². The highest BCUT2D eigenvalue weighted by Crippen LogP contribution is 2.26. The van der Waals surface area contributed by atoms with Gasteiger partial charge in [0.1, 0.15) is 0 Å². The van der Waals surface area contributed by atoms with Crippen LogP contribution in [0.3, 0.4) is 0 Å². The largest absolute Gasteiger partial charge is 0.273 e. The van der Waals surface area contributed by atoms with E-state index in [1.54, 1.807) is 0 Å². The van der Waals surface area contributed by atoms with Crippen LogP contribution in [0.1, 0.15) is 33.1 Å². The van der Waals surface area contributed by atoms with Gasteiger partial charge in [-0.2, -0.15) is 0 Å². The standard InChI is InChI=1S/C10H17NO/c1-5-7-10(2,3)8-6-9(12)11-4/h5H,1,4,6-8H2,2-3H3. The molecule has 0 heterocycles. The van der Waals surface area contributed by atoms with Gasteiger partial charge in [-0.15, -0.1) is 6.58 Å². The molecule has 0 aromatic heterocycles. The van der Waals surface area contributed by atoms with Gasteiger partial charge in [-0.05, 0) is 25.0 Å². The fraction of sp³-hybridized carbons (Fsp3) is 0.600. The first kappa shape index (κ1) is 11.1. The molecule has 1 amide bonds. The second-order valence-corrected chi connectivity index (χ2v) is 3.71. The van der Waals surface area contributed by atoms with Crippen molar-refractivity contribution >= 4 is 12.6 Å². The van der Waals surface area contributed by atoms with Gasteiger partial charge >= 0.3 is 0 Å². The van der Waals surface area contributed by atoms with Gasteiger partial charge in [-0.1, -0.05) is 19.9 Å². The SMILES string of the molecule is C=CCC(C)(C)CCC(=O)N=C. The van der Waals surface area contributed by atoms with Crippen LogP contribution in [0.15, 0.2) is 17.6 Å². The highest BCUT2D eigenvalue weighted by atomic mass is 16.1. The first-order chi connectivity index (χ1) is 5.52. The van der Waals surface area contributed by atoms with Crippen molar-refractivity contribution in [2.45, 2.75) is 33.1 Å². The number of allylic oxidation sites excluding steroid dienone is 1. The molecule has 0 aromatic rings. The fourth-order valence-electron chi connectivity index (χ4n) is 1.02.